The first kappa shape index (κ1) is 41.6. The molecule has 12 heteroatoms. The third-order valence-electron chi connectivity index (χ3n) is 11.1. The van der Waals surface area contributed by atoms with Crippen LogP contribution in [0.15, 0.2) is 0 Å². The van der Waals surface area contributed by atoms with E-state index in [9.17, 15) is 14.4 Å². The van der Waals surface area contributed by atoms with E-state index >= 15 is 0 Å². The first-order valence-electron chi connectivity index (χ1n) is 18.4. The van der Waals surface area contributed by atoms with Gasteiger partial charge in [-0.2, -0.15) is 0 Å². The predicted octanol–water partition coefficient (Wildman–Crippen LogP) is 5.62. The zero-order chi connectivity index (χ0) is 36.8. The maximum absolute atomic E-state index is 14.1. The molecular weight excluding hydrogens is 632 g/mol. The lowest BCUT2D eigenvalue weighted by molar-refractivity contribution is -0.272. The van der Waals surface area contributed by atoms with E-state index in [1.165, 1.54) is 0 Å². The van der Waals surface area contributed by atoms with Crippen molar-refractivity contribution < 1.29 is 47.5 Å². The molecule has 0 spiro atoms. The number of esters is 1. The van der Waals surface area contributed by atoms with Crippen molar-refractivity contribution in [3.63, 3.8) is 0 Å². The molecule has 2 N–H and O–H groups in total. The van der Waals surface area contributed by atoms with Gasteiger partial charge in [-0.25, -0.2) is 4.79 Å². The van der Waals surface area contributed by atoms with E-state index < -0.39 is 71.9 Å². The third kappa shape index (κ3) is 11.1. The molecule has 0 aromatic heterocycles. The van der Waals surface area contributed by atoms with Crippen LogP contribution in [0.2, 0.25) is 0 Å². The summed E-state index contributed by atoms with van der Waals surface area (Å²) in [5.41, 5.74) is 3.21. The van der Waals surface area contributed by atoms with E-state index in [4.69, 9.17) is 38.9 Å². The molecule has 3 rings (SSSR count). The SMILES string of the molecule is CC[C@H]1OC(=O)[C@H](C)[C@@H](O[C@H]2C[C@H](C)C[C@H](C)O2)C[C@@H](O[C@H]2C[C@@H](N(C)C)C[C@@H](C)O2)[C@](C)(OC)C[C@@H](C)C(=O)[C@H](C)C[C@]1(C)OC(N)=O. The van der Waals surface area contributed by atoms with Crippen LogP contribution in [0, 0.1) is 23.7 Å². The van der Waals surface area contributed by atoms with E-state index in [1.807, 2.05) is 34.6 Å². The lowest BCUT2D eigenvalue weighted by Crippen LogP contribution is -2.54. The van der Waals surface area contributed by atoms with E-state index in [0.717, 1.165) is 12.8 Å². The summed E-state index contributed by atoms with van der Waals surface area (Å²) >= 11 is 0. The second-order valence-corrected chi connectivity index (χ2v) is 15.9. The van der Waals surface area contributed by atoms with Crippen LogP contribution in [0.3, 0.4) is 0 Å². The number of hydrogen-bond acceptors (Lipinski definition) is 11. The van der Waals surface area contributed by atoms with Crippen molar-refractivity contribution in [1.82, 2.24) is 4.90 Å². The second kappa shape index (κ2) is 17.6. The van der Waals surface area contributed by atoms with Gasteiger partial charge in [0.1, 0.15) is 17.5 Å². The van der Waals surface area contributed by atoms with Gasteiger partial charge in [-0.15, -0.1) is 0 Å². The molecule has 0 bridgehead atoms. The molecule has 14 atom stereocenters. The summed E-state index contributed by atoms with van der Waals surface area (Å²) in [6.07, 6.45) is -0.150. The van der Waals surface area contributed by atoms with Gasteiger partial charge in [0, 0.05) is 50.7 Å². The Morgan fingerprint density at radius 2 is 1.43 bits per heavy atom. The maximum atomic E-state index is 14.1. The molecule has 49 heavy (non-hydrogen) atoms. The molecule has 3 aliphatic heterocycles. The molecule has 3 saturated heterocycles. The van der Waals surface area contributed by atoms with E-state index in [1.54, 1.807) is 27.9 Å². The summed E-state index contributed by atoms with van der Waals surface area (Å²) in [5, 5.41) is 0. The molecule has 3 fully saturated rings. The van der Waals surface area contributed by atoms with Crippen LogP contribution in [0.4, 0.5) is 4.79 Å². The summed E-state index contributed by atoms with van der Waals surface area (Å²) < 4.78 is 44.3. The molecule has 3 heterocycles. The Hall–Kier alpha value is -1.83. The van der Waals surface area contributed by atoms with Crippen molar-refractivity contribution in [2.75, 3.05) is 21.2 Å². The highest BCUT2D eigenvalue weighted by atomic mass is 16.7. The zero-order valence-corrected chi connectivity index (χ0v) is 32.2. The lowest BCUT2D eigenvalue weighted by Gasteiger charge is -2.45. The van der Waals surface area contributed by atoms with Gasteiger partial charge in [0.05, 0.1) is 35.9 Å². The molecule has 0 aliphatic carbocycles. The summed E-state index contributed by atoms with van der Waals surface area (Å²) in [5.74, 6) is -1.94. The minimum absolute atomic E-state index is 0.00382. The summed E-state index contributed by atoms with van der Waals surface area (Å²) in [6, 6.07) is 0.255. The zero-order valence-electron chi connectivity index (χ0n) is 32.2. The number of primary amides is 1. The number of ketones is 1. The minimum Gasteiger partial charge on any atom is -0.458 e. The fourth-order valence-electron chi connectivity index (χ4n) is 8.20. The average Bonchev–Trinajstić information content (AvgIpc) is 3.00. The predicted molar refractivity (Wildman–Crippen MR) is 185 cm³/mol. The van der Waals surface area contributed by atoms with E-state index in [-0.39, 0.29) is 36.9 Å². The van der Waals surface area contributed by atoms with Gasteiger partial charge in [-0.3, -0.25) is 9.59 Å². The van der Waals surface area contributed by atoms with Gasteiger partial charge in [-0.1, -0.05) is 27.7 Å². The average molecular weight is 699 g/mol. The van der Waals surface area contributed by atoms with Crippen molar-refractivity contribution in [3.8, 4) is 0 Å². The Labute approximate surface area is 294 Å². The number of ether oxygens (including phenoxy) is 7. The van der Waals surface area contributed by atoms with Crippen LogP contribution in [0.1, 0.15) is 114 Å². The standard InChI is InChI=1S/C37H66N2O10/c1-13-29-37(9,49-35(38)42)20-23(4)33(40)22(3)19-36(8,43-12)30(47-32-17-27(39(10)11)16-25(6)45-32)18-28(26(7)34(41)48-29)46-31-15-21(2)14-24(5)44-31/h21-32H,13-20H2,1-12H3,(H2,38,42)/t21-,22-,23-,24+,25-,26-,27+,28+,29-,30-,31+,32+,36-,37+/m1/s1. The number of carbonyl (C=O) groups excluding carboxylic acids is 3. The number of carbonyl (C=O) groups is 3. The van der Waals surface area contributed by atoms with Crippen molar-refractivity contribution in [1.29, 1.82) is 0 Å². The molecule has 0 unspecified atom stereocenters. The summed E-state index contributed by atoms with van der Waals surface area (Å²) in [6.45, 7) is 17.2. The van der Waals surface area contributed by atoms with Gasteiger partial charge in [0.2, 0.25) is 0 Å². The van der Waals surface area contributed by atoms with E-state index in [2.05, 4.69) is 25.9 Å². The highest BCUT2D eigenvalue weighted by Crippen LogP contribution is 2.39. The number of hydrogen-bond donors (Lipinski definition) is 1. The van der Waals surface area contributed by atoms with Crippen LogP contribution in [0.5, 0.6) is 0 Å². The fraction of sp³-hybridized carbons (Fsp3) is 0.919. The van der Waals surface area contributed by atoms with Crippen molar-refractivity contribution >= 4 is 17.8 Å². The first-order chi connectivity index (χ1) is 22.8. The number of methoxy groups -OCH3 is 1. The molecule has 0 radical (unpaired) electrons. The topological polar surface area (TPSA) is 145 Å². The Kier molecular flexibility index (Phi) is 14.9. The van der Waals surface area contributed by atoms with Crippen LogP contribution >= 0.6 is 0 Å². The van der Waals surface area contributed by atoms with Crippen molar-refractivity contribution in [2.24, 2.45) is 29.4 Å². The maximum Gasteiger partial charge on any atom is 0.405 e. The quantitative estimate of drug-likeness (QED) is 0.316. The smallest absolute Gasteiger partial charge is 0.405 e. The summed E-state index contributed by atoms with van der Waals surface area (Å²) in [7, 11) is 5.74. The van der Waals surface area contributed by atoms with Gasteiger partial charge in [0.25, 0.3) is 0 Å². The number of Topliss-reactive ketones (excluding diaryl/α,β-unsaturated/α-hetero) is 1. The molecule has 284 valence electrons. The molecule has 0 aromatic carbocycles. The second-order valence-electron chi connectivity index (χ2n) is 15.9. The Balaban J connectivity index is 2.11. The molecule has 12 nitrogen and oxygen atoms in total. The molecule has 0 saturated carbocycles. The monoisotopic (exact) mass is 698 g/mol. The molecular formula is C37H66N2O10. The number of nitrogens with zero attached hydrogens (tertiary/aromatic N) is 1. The Bertz CT molecular complexity index is 1100. The largest absolute Gasteiger partial charge is 0.458 e. The van der Waals surface area contributed by atoms with Crippen LogP contribution in [-0.2, 0) is 42.7 Å². The normalized spacial score (nSPS) is 43.4. The van der Waals surface area contributed by atoms with Gasteiger partial charge in [-0.05, 0) is 80.3 Å². The lowest BCUT2D eigenvalue weighted by atomic mass is 9.77. The van der Waals surface area contributed by atoms with Crippen LogP contribution < -0.4 is 5.73 Å². The van der Waals surface area contributed by atoms with Gasteiger partial charge in [0.15, 0.2) is 12.6 Å². The molecule has 1 amide bonds. The van der Waals surface area contributed by atoms with Gasteiger partial charge >= 0.3 is 12.1 Å². The van der Waals surface area contributed by atoms with Crippen molar-refractivity contribution in [3.05, 3.63) is 0 Å². The Morgan fingerprint density at radius 3 is 1.96 bits per heavy atom. The fourth-order valence-corrected chi connectivity index (χ4v) is 8.20. The minimum atomic E-state index is -1.34. The number of rotatable bonds is 8. The number of nitrogens with two attached hydrogens (primary N) is 1. The van der Waals surface area contributed by atoms with Crippen molar-refractivity contribution in [2.45, 2.75) is 174 Å². The highest BCUT2D eigenvalue weighted by Gasteiger charge is 2.48. The highest BCUT2D eigenvalue weighted by molar-refractivity contribution is 5.83. The van der Waals surface area contributed by atoms with Crippen LogP contribution in [0.25, 0.3) is 0 Å². The number of cyclic esters (lactones) is 1. The van der Waals surface area contributed by atoms with E-state index in [0.29, 0.717) is 31.6 Å². The summed E-state index contributed by atoms with van der Waals surface area (Å²) in [4.78, 5) is 42.4. The molecule has 3 aliphatic rings. The third-order valence-corrected chi connectivity index (χ3v) is 11.1. The first-order valence-corrected chi connectivity index (χ1v) is 18.4. The van der Waals surface area contributed by atoms with Crippen LogP contribution in [-0.4, -0.2) is 104 Å². The van der Waals surface area contributed by atoms with Gasteiger partial charge < -0.3 is 43.8 Å². The Morgan fingerprint density at radius 1 is 0.857 bits per heavy atom. The number of amides is 1. The molecule has 0 aromatic rings.